The number of halogens is 1. The zero-order valence-corrected chi connectivity index (χ0v) is 15.6. The molecule has 2 aromatic rings. The van der Waals surface area contributed by atoms with E-state index >= 15 is 0 Å². The summed E-state index contributed by atoms with van der Waals surface area (Å²) in [7, 11) is 2.83. The van der Waals surface area contributed by atoms with Crippen LogP contribution in [0.15, 0.2) is 24.4 Å². The number of benzene rings is 1. The number of methoxy groups -OCH3 is 2. The number of hydrogen-bond acceptors (Lipinski definition) is 6. The molecular weight excluding hydrogens is 374 g/mol. The van der Waals surface area contributed by atoms with Crippen molar-refractivity contribution in [1.82, 2.24) is 0 Å². The monoisotopic (exact) mass is 389 g/mol. The number of nitrogens with zero attached hydrogens (tertiary/aromatic N) is 1. The zero-order chi connectivity index (χ0) is 19.5. The summed E-state index contributed by atoms with van der Waals surface area (Å²) >= 11 is 6.35. The van der Waals surface area contributed by atoms with Crippen molar-refractivity contribution in [2.45, 2.75) is 18.9 Å². The molecule has 0 amide bonds. The Morgan fingerprint density at radius 3 is 2.63 bits per heavy atom. The molecule has 27 heavy (non-hydrogen) atoms. The number of Topliss-reactive ketones (excluding diaryl/α,β-unsaturated/α-hetero) is 2. The number of aromatic nitrogens is 1. The quantitative estimate of drug-likeness (QED) is 0.445. The van der Waals surface area contributed by atoms with Crippen molar-refractivity contribution in [1.29, 1.82) is 0 Å². The number of pyridine rings is 1. The third-order valence-corrected chi connectivity index (χ3v) is 5.61. The molecule has 4 rings (SSSR count). The number of rotatable bonds is 2. The number of ether oxygens (including phenoxy) is 3. The van der Waals surface area contributed by atoms with E-state index in [4.69, 9.17) is 25.8 Å². The molecule has 140 valence electrons. The minimum absolute atomic E-state index is 0.0625. The molecule has 1 aliphatic heterocycles. The summed E-state index contributed by atoms with van der Waals surface area (Å²) in [6, 6.07) is 4.48. The van der Waals surface area contributed by atoms with Crippen molar-refractivity contribution < 1.29 is 28.5 Å². The van der Waals surface area contributed by atoms with E-state index in [-0.39, 0.29) is 39.8 Å². The molecule has 2 atom stereocenters. The Morgan fingerprint density at radius 1 is 1.26 bits per heavy atom. The van der Waals surface area contributed by atoms with Gasteiger partial charge in [-0.1, -0.05) is 18.5 Å². The Balaban J connectivity index is 1.94. The van der Waals surface area contributed by atoms with Gasteiger partial charge in [-0.3, -0.25) is 9.59 Å². The molecule has 0 N–H and O–H groups in total. The van der Waals surface area contributed by atoms with Gasteiger partial charge in [0.2, 0.25) is 22.9 Å². The molecule has 0 unspecified atom stereocenters. The average Bonchev–Trinajstić information content (AvgIpc) is 2.97. The molecule has 0 saturated carbocycles. The standard InChI is InChI=1S/C19H16ClNO6/c1-9-7-11-10(5-4-6-21(11)24)17(22)19(9)18(23)14-12(25-2)8-13(26-3)15(20)16(14)27-19/h4-6,8-9H,7H2,1-3H3/t9-,19+/m1/s1. The van der Waals surface area contributed by atoms with Gasteiger partial charge in [0.05, 0.1) is 19.8 Å². The fraction of sp³-hybridized carbons (Fsp3) is 0.316. The Hall–Kier alpha value is -2.80. The van der Waals surface area contributed by atoms with E-state index in [2.05, 4.69) is 0 Å². The number of carbonyl (C=O) groups is 2. The molecular formula is C19H16ClNO6. The zero-order valence-electron chi connectivity index (χ0n) is 14.9. The SMILES string of the molecule is COc1cc(OC)c2c(c1Cl)O[C@@]1(C(=O)c3ccc[n+]([O-])c3C[C@H]1C)C2=O. The average molecular weight is 390 g/mol. The van der Waals surface area contributed by atoms with E-state index in [1.54, 1.807) is 6.92 Å². The highest BCUT2D eigenvalue weighted by molar-refractivity contribution is 6.36. The van der Waals surface area contributed by atoms with Crippen LogP contribution >= 0.6 is 11.6 Å². The van der Waals surface area contributed by atoms with Gasteiger partial charge in [0, 0.05) is 24.5 Å². The second-order valence-corrected chi connectivity index (χ2v) is 6.97. The highest BCUT2D eigenvalue weighted by Gasteiger charge is 2.62. The Bertz CT molecular complexity index is 1000. The Morgan fingerprint density at radius 2 is 1.96 bits per heavy atom. The lowest BCUT2D eigenvalue weighted by atomic mass is 9.71. The van der Waals surface area contributed by atoms with E-state index in [1.165, 1.54) is 38.6 Å². The van der Waals surface area contributed by atoms with E-state index < -0.39 is 23.1 Å². The summed E-state index contributed by atoms with van der Waals surface area (Å²) in [6.07, 6.45) is 1.54. The van der Waals surface area contributed by atoms with Crippen molar-refractivity contribution in [2.24, 2.45) is 5.92 Å². The smallest absolute Gasteiger partial charge is 0.237 e. The van der Waals surface area contributed by atoms with E-state index in [0.29, 0.717) is 10.4 Å². The second kappa shape index (κ2) is 5.85. The third kappa shape index (κ3) is 2.12. The van der Waals surface area contributed by atoms with Gasteiger partial charge in [0.1, 0.15) is 22.1 Å². The molecule has 7 nitrogen and oxygen atoms in total. The number of hydrogen-bond donors (Lipinski definition) is 0. The summed E-state index contributed by atoms with van der Waals surface area (Å²) in [5.41, 5.74) is -1.18. The molecule has 0 saturated heterocycles. The normalized spacial score (nSPS) is 23.0. The first-order valence-corrected chi connectivity index (χ1v) is 8.68. The Kier molecular flexibility index (Phi) is 3.82. The van der Waals surface area contributed by atoms with Crippen LogP contribution in [-0.4, -0.2) is 31.4 Å². The molecule has 1 aromatic carbocycles. The molecule has 0 radical (unpaired) electrons. The first-order valence-electron chi connectivity index (χ1n) is 8.31. The minimum Gasteiger partial charge on any atom is -0.618 e. The highest BCUT2D eigenvalue weighted by atomic mass is 35.5. The fourth-order valence-electron chi connectivity index (χ4n) is 3.86. The van der Waals surface area contributed by atoms with Crippen molar-refractivity contribution >= 4 is 23.2 Å². The van der Waals surface area contributed by atoms with Gasteiger partial charge in [0.15, 0.2) is 11.9 Å². The van der Waals surface area contributed by atoms with Crippen molar-refractivity contribution in [3.63, 3.8) is 0 Å². The van der Waals surface area contributed by atoms with Gasteiger partial charge < -0.3 is 19.4 Å². The lowest BCUT2D eigenvalue weighted by molar-refractivity contribution is -0.614. The maximum Gasteiger partial charge on any atom is 0.237 e. The maximum atomic E-state index is 13.4. The first kappa shape index (κ1) is 17.6. The molecule has 1 aliphatic carbocycles. The molecule has 2 heterocycles. The summed E-state index contributed by atoms with van der Waals surface area (Å²) in [4.78, 5) is 26.7. The molecule has 0 fully saturated rings. The molecule has 1 aromatic heterocycles. The van der Waals surface area contributed by atoms with Gasteiger partial charge in [-0.15, -0.1) is 0 Å². The summed E-state index contributed by atoms with van der Waals surface area (Å²) in [6.45, 7) is 1.70. The molecule has 0 bridgehead atoms. The van der Waals surface area contributed by atoms with Crippen LogP contribution in [0.2, 0.25) is 5.02 Å². The van der Waals surface area contributed by atoms with Crippen LogP contribution in [0.3, 0.4) is 0 Å². The summed E-state index contributed by atoms with van der Waals surface area (Å²) in [5.74, 6) is -1.11. The van der Waals surface area contributed by atoms with Crippen LogP contribution in [0.4, 0.5) is 0 Å². The van der Waals surface area contributed by atoms with Crippen LogP contribution in [0.25, 0.3) is 0 Å². The first-order chi connectivity index (χ1) is 12.9. The van der Waals surface area contributed by atoms with Gasteiger partial charge in [-0.25, -0.2) is 0 Å². The minimum atomic E-state index is -1.78. The predicted molar refractivity (Wildman–Crippen MR) is 94.8 cm³/mol. The summed E-state index contributed by atoms with van der Waals surface area (Å²) in [5, 5.41) is 12.2. The number of ketones is 2. The highest BCUT2D eigenvalue weighted by Crippen LogP contribution is 2.53. The van der Waals surface area contributed by atoms with E-state index in [9.17, 15) is 14.8 Å². The van der Waals surface area contributed by atoms with Crippen LogP contribution in [0.5, 0.6) is 17.2 Å². The van der Waals surface area contributed by atoms with E-state index in [1.807, 2.05) is 0 Å². The lowest BCUT2D eigenvalue weighted by Gasteiger charge is -2.35. The Labute approximate surface area is 160 Å². The maximum absolute atomic E-state index is 13.4. The van der Waals surface area contributed by atoms with Crippen LogP contribution in [-0.2, 0) is 6.42 Å². The van der Waals surface area contributed by atoms with Gasteiger partial charge in [-0.05, 0) is 6.07 Å². The van der Waals surface area contributed by atoms with Gasteiger partial charge in [-0.2, -0.15) is 4.73 Å². The van der Waals surface area contributed by atoms with Crippen LogP contribution in [0.1, 0.15) is 33.3 Å². The fourth-order valence-corrected chi connectivity index (χ4v) is 4.13. The van der Waals surface area contributed by atoms with Crippen LogP contribution in [0, 0.1) is 11.1 Å². The van der Waals surface area contributed by atoms with E-state index in [0.717, 1.165) is 0 Å². The molecule has 1 spiro atoms. The third-order valence-electron chi connectivity index (χ3n) is 5.26. The van der Waals surface area contributed by atoms with Crippen molar-refractivity contribution in [3.05, 3.63) is 51.4 Å². The number of fused-ring (bicyclic) bond motifs is 2. The topological polar surface area (TPSA) is 88.8 Å². The van der Waals surface area contributed by atoms with Crippen molar-refractivity contribution in [3.8, 4) is 17.2 Å². The van der Waals surface area contributed by atoms with Gasteiger partial charge >= 0.3 is 0 Å². The number of carbonyl (C=O) groups excluding carboxylic acids is 2. The second-order valence-electron chi connectivity index (χ2n) is 6.59. The molecule has 2 aliphatic rings. The molecule has 8 heteroatoms. The lowest BCUT2D eigenvalue weighted by Crippen LogP contribution is -2.58. The predicted octanol–water partition coefficient (Wildman–Crippen LogP) is 2.38. The van der Waals surface area contributed by atoms with Crippen molar-refractivity contribution in [2.75, 3.05) is 14.2 Å². The summed E-state index contributed by atoms with van der Waals surface area (Å²) < 4.78 is 17.2. The largest absolute Gasteiger partial charge is 0.618 e. The van der Waals surface area contributed by atoms with Crippen LogP contribution < -0.4 is 18.9 Å². The van der Waals surface area contributed by atoms with Gasteiger partial charge in [0.25, 0.3) is 0 Å².